The van der Waals surface area contributed by atoms with E-state index in [1.165, 1.54) is 33.5 Å². The zero-order chi connectivity index (χ0) is 14.6. The second-order valence-corrected chi connectivity index (χ2v) is 3.65. The van der Waals surface area contributed by atoms with E-state index in [1.54, 1.807) is 0 Å². The molecule has 2 atom stereocenters. The summed E-state index contributed by atoms with van der Waals surface area (Å²) in [6.45, 7) is 0. The van der Waals surface area contributed by atoms with Crippen molar-refractivity contribution < 1.29 is 34.3 Å². The molecule has 0 radical (unpaired) electrons. The van der Waals surface area contributed by atoms with E-state index in [2.05, 4.69) is 0 Å². The van der Waals surface area contributed by atoms with Crippen LogP contribution in [0, 0.1) is 0 Å². The fraction of sp³-hybridized carbons (Fsp3) is 0.417. The molecule has 0 aliphatic carbocycles. The van der Waals surface area contributed by atoms with Gasteiger partial charge in [-0.2, -0.15) is 0 Å². The number of aliphatic hydroxyl groups excluding tert-OH is 2. The molecule has 1 rings (SSSR count). The van der Waals surface area contributed by atoms with Crippen LogP contribution in [0.15, 0.2) is 12.1 Å². The third kappa shape index (κ3) is 2.88. The predicted octanol–water partition coefficient (Wildman–Crippen LogP) is 0.191. The fourth-order valence-corrected chi connectivity index (χ4v) is 1.66. The Morgan fingerprint density at radius 3 is 2.05 bits per heavy atom. The van der Waals surface area contributed by atoms with Gasteiger partial charge in [-0.15, -0.1) is 0 Å². The van der Waals surface area contributed by atoms with E-state index in [0.717, 1.165) is 0 Å². The van der Waals surface area contributed by atoms with Gasteiger partial charge in [-0.3, -0.25) is 0 Å². The molecule has 1 aromatic rings. The number of ether oxygens (including phenoxy) is 3. The number of aliphatic hydroxyl groups is 2. The van der Waals surface area contributed by atoms with Gasteiger partial charge < -0.3 is 29.5 Å². The average molecular weight is 272 g/mol. The number of hydrogen-bond donors (Lipinski definition) is 3. The molecule has 106 valence electrons. The third-order valence-electron chi connectivity index (χ3n) is 2.61. The number of hydrogen-bond acceptors (Lipinski definition) is 6. The highest BCUT2D eigenvalue weighted by molar-refractivity contribution is 5.73. The number of rotatable bonds is 6. The molecule has 3 N–H and O–H groups in total. The highest BCUT2D eigenvalue weighted by atomic mass is 16.5. The van der Waals surface area contributed by atoms with Crippen LogP contribution >= 0.6 is 0 Å². The van der Waals surface area contributed by atoms with Crippen LogP contribution in [0.4, 0.5) is 0 Å². The van der Waals surface area contributed by atoms with Gasteiger partial charge in [-0.05, 0) is 12.1 Å². The van der Waals surface area contributed by atoms with Crippen LogP contribution in [0.25, 0.3) is 0 Å². The van der Waals surface area contributed by atoms with Crippen LogP contribution in [-0.4, -0.2) is 48.7 Å². The molecule has 0 amide bonds. The lowest BCUT2D eigenvalue weighted by molar-refractivity contribution is -0.153. The van der Waals surface area contributed by atoms with Crippen molar-refractivity contribution in [1.29, 1.82) is 0 Å². The predicted molar refractivity (Wildman–Crippen MR) is 64.7 cm³/mol. The minimum Gasteiger partial charge on any atom is -0.493 e. The zero-order valence-corrected chi connectivity index (χ0v) is 10.8. The number of aliphatic carboxylic acids is 1. The first kappa shape index (κ1) is 15.1. The lowest BCUT2D eigenvalue weighted by Crippen LogP contribution is -2.27. The summed E-state index contributed by atoms with van der Waals surface area (Å²) in [5, 5.41) is 27.9. The normalized spacial score (nSPS) is 13.5. The van der Waals surface area contributed by atoms with Crippen molar-refractivity contribution in [3.8, 4) is 17.2 Å². The summed E-state index contributed by atoms with van der Waals surface area (Å²) >= 11 is 0. The number of methoxy groups -OCH3 is 3. The fourth-order valence-electron chi connectivity index (χ4n) is 1.66. The van der Waals surface area contributed by atoms with E-state index in [4.69, 9.17) is 19.3 Å². The first-order chi connectivity index (χ1) is 8.97. The molecule has 0 bridgehead atoms. The van der Waals surface area contributed by atoms with Crippen LogP contribution in [0.5, 0.6) is 17.2 Å². The molecule has 0 saturated carbocycles. The largest absolute Gasteiger partial charge is 0.493 e. The van der Waals surface area contributed by atoms with E-state index in [9.17, 15) is 15.0 Å². The topological polar surface area (TPSA) is 105 Å². The van der Waals surface area contributed by atoms with Crippen molar-refractivity contribution in [2.75, 3.05) is 21.3 Å². The van der Waals surface area contributed by atoms with Crippen LogP contribution in [0.2, 0.25) is 0 Å². The van der Waals surface area contributed by atoms with E-state index in [-0.39, 0.29) is 17.1 Å². The van der Waals surface area contributed by atoms with Gasteiger partial charge in [0.05, 0.1) is 21.3 Å². The first-order valence-electron chi connectivity index (χ1n) is 5.35. The molecule has 0 aromatic heterocycles. The number of benzene rings is 1. The van der Waals surface area contributed by atoms with Gasteiger partial charge in [-0.25, -0.2) is 4.79 Å². The number of carboxylic acids is 1. The van der Waals surface area contributed by atoms with Crippen LogP contribution < -0.4 is 14.2 Å². The minimum absolute atomic E-state index is 0.0926. The maximum atomic E-state index is 10.7. The Hall–Kier alpha value is -1.99. The van der Waals surface area contributed by atoms with E-state index < -0.39 is 18.2 Å². The minimum atomic E-state index is -1.97. The van der Waals surface area contributed by atoms with Gasteiger partial charge in [0.15, 0.2) is 17.6 Å². The Kier molecular flexibility index (Phi) is 4.96. The van der Waals surface area contributed by atoms with Crippen molar-refractivity contribution in [1.82, 2.24) is 0 Å². The highest BCUT2D eigenvalue weighted by Crippen LogP contribution is 2.42. The van der Waals surface area contributed by atoms with Crippen molar-refractivity contribution in [2.45, 2.75) is 12.2 Å². The maximum absolute atomic E-state index is 10.7. The summed E-state index contributed by atoms with van der Waals surface area (Å²) in [6, 6.07) is 2.88. The Morgan fingerprint density at radius 2 is 1.63 bits per heavy atom. The van der Waals surface area contributed by atoms with Gasteiger partial charge in [0, 0.05) is 5.56 Å². The van der Waals surface area contributed by atoms with Crippen molar-refractivity contribution in [3.63, 3.8) is 0 Å². The zero-order valence-electron chi connectivity index (χ0n) is 10.8. The van der Waals surface area contributed by atoms with Gasteiger partial charge >= 0.3 is 5.97 Å². The average Bonchev–Trinajstić information content (AvgIpc) is 2.43. The Morgan fingerprint density at radius 1 is 1.05 bits per heavy atom. The van der Waals surface area contributed by atoms with Crippen molar-refractivity contribution in [3.05, 3.63) is 17.7 Å². The Labute approximate surface area is 110 Å². The lowest BCUT2D eigenvalue weighted by atomic mass is 10.0. The Balaban J connectivity index is 3.32. The quantitative estimate of drug-likeness (QED) is 0.678. The van der Waals surface area contributed by atoms with Crippen molar-refractivity contribution in [2.24, 2.45) is 0 Å². The highest BCUT2D eigenvalue weighted by Gasteiger charge is 2.30. The van der Waals surface area contributed by atoms with Crippen LogP contribution in [0.1, 0.15) is 11.7 Å². The second kappa shape index (κ2) is 6.26. The van der Waals surface area contributed by atoms with Gasteiger partial charge in [0.2, 0.25) is 5.75 Å². The monoisotopic (exact) mass is 272 g/mol. The standard InChI is InChI=1S/C12H16O7/c1-17-7-5-4-6(8(13)9(14)12(15)16)10(18-2)11(7)19-3/h4-5,8-9,13-14H,1-3H3,(H,15,16). The first-order valence-corrected chi connectivity index (χ1v) is 5.35. The molecule has 7 nitrogen and oxygen atoms in total. The molecule has 7 heteroatoms. The van der Waals surface area contributed by atoms with E-state index >= 15 is 0 Å². The smallest absolute Gasteiger partial charge is 0.335 e. The number of carbonyl (C=O) groups is 1. The molecule has 19 heavy (non-hydrogen) atoms. The van der Waals surface area contributed by atoms with Crippen LogP contribution in [-0.2, 0) is 4.79 Å². The summed E-state index contributed by atoms with van der Waals surface area (Å²) in [5.41, 5.74) is 0.0926. The molecule has 1 aromatic carbocycles. The summed E-state index contributed by atoms with van der Waals surface area (Å²) in [7, 11) is 4.14. The molecule has 0 aliphatic heterocycles. The summed E-state index contributed by atoms with van der Waals surface area (Å²) < 4.78 is 15.2. The SMILES string of the molecule is COc1ccc(C(O)C(O)C(=O)O)c(OC)c1OC. The van der Waals surface area contributed by atoms with Gasteiger partial charge in [0.25, 0.3) is 0 Å². The number of carboxylic acid groups (broad SMARTS) is 1. The van der Waals surface area contributed by atoms with Gasteiger partial charge in [-0.1, -0.05) is 0 Å². The second-order valence-electron chi connectivity index (χ2n) is 3.65. The summed E-state index contributed by atoms with van der Waals surface area (Å²) in [4.78, 5) is 10.7. The molecular weight excluding hydrogens is 256 g/mol. The summed E-state index contributed by atoms with van der Waals surface area (Å²) in [5.74, 6) is -0.863. The van der Waals surface area contributed by atoms with E-state index in [1.807, 2.05) is 0 Å². The summed E-state index contributed by atoms with van der Waals surface area (Å²) in [6.07, 6.45) is -3.61. The van der Waals surface area contributed by atoms with E-state index in [0.29, 0.717) is 5.75 Å². The van der Waals surface area contributed by atoms with Crippen molar-refractivity contribution >= 4 is 5.97 Å². The van der Waals surface area contributed by atoms with Crippen LogP contribution in [0.3, 0.4) is 0 Å². The molecule has 0 saturated heterocycles. The Bertz CT molecular complexity index is 458. The molecule has 0 aliphatic rings. The maximum Gasteiger partial charge on any atom is 0.335 e. The molecule has 0 fully saturated rings. The lowest BCUT2D eigenvalue weighted by Gasteiger charge is -2.20. The molecule has 2 unspecified atom stereocenters. The molecular formula is C12H16O7. The van der Waals surface area contributed by atoms with Gasteiger partial charge in [0.1, 0.15) is 6.10 Å². The molecule has 0 spiro atoms. The third-order valence-corrected chi connectivity index (χ3v) is 2.61. The molecule has 0 heterocycles.